The van der Waals surface area contributed by atoms with Gasteiger partial charge in [-0.15, -0.1) is 12.4 Å². The van der Waals surface area contributed by atoms with Gasteiger partial charge in [0, 0.05) is 42.6 Å². The predicted octanol–water partition coefficient (Wildman–Crippen LogP) is 5.43. The molecule has 0 aromatic heterocycles. The molecule has 0 spiro atoms. The van der Waals surface area contributed by atoms with E-state index in [1.54, 1.807) is 6.07 Å². The molecule has 1 heterocycles. The summed E-state index contributed by atoms with van der Waals surface area (Å²) in [6, 6.07) is 14.0. The molecule has 0 saturated carbocycles. The summed E-state index contributed by atoms with van der Waals surface area (Å²) in [5.74, 6) is 0. The Bertz CT molecular complexity index is 1180. The summed E-state index contributed by atoms with van der Waals surface area (Å²) in [6.07, 6.45) is 0. The minimum absolute atomic E-state index is 0. The largest absolute Gasteiger partial charge is 0.368 e. The third-order valence-corrected chi connectivity index (χ3v) is 7.42. The number of benzene rings is 3. The standard InChI is InChI=1S/C20H18Cl3N3O2S.ClH/c21-15-11-17(23)20(12-16(15)22)29(27,28)25-18-5-6-19(26-9-7-24-8-10-26)14-4-2-1-3-13(14)18;/h1-6,11-12,24-25H,7-10H2;1H. The Labute approximate surface area is 196 Å². The molecule has 160 valence electrons. The lowest BCUT2D eigenvalue weighted by Crippen LogP contribution is -2.43. The van der Waals surface area contributed by atoms with Crippen LogP contribution in [0.1, 0.15) is 0 Å². The number of nitrogens with zero attached hydrogens (tertiary/aromatic N) is 1. The van der Waals surface area contributed by atoms with Gasteiger partial charge in [0.05, 0.1) is 20.8 Å². The highest BCUT2D eigenvalue weighted by molar-refractivity contribution is 7.92. The number of anilines is 2. The van der Waals surface area contributed by atoms with Crippen molar-refractivity contribution in [3.8, 4) is 0 Å². The van der Waals surface area contributed by atoms with Crippen LogP contribution in [0.25, 0.3) is 10.8 Å². The smallest absolute Gasteiger partial charge is 0.263 e. The summed E-state index contributed by atoms with van der Waals surface area (Å²) < 4.78 is 28.7. The van der Waals surface area contributed by atoms with Gasteiger partial charge < -0.3 is 10.2 Å². The fraction of sp³-hybridized carbons (Fsp3) is 0.200. The van der Waals surface area contributed by atoms with Gasteiger partial charge in [-0.2, -0.15) is 0 Å². The molecule has 3 aromatic carbocycles. The zero-order valence-corrected chi connectivity index (χ0v) is 19.6. The summed E-state index contributed by atoms with van der Waals surface area (Å²) in [4.78, 5) is 2.18. The first-order valence-corrected chi connectivity index (χ1v) is 11.6. The SMILES string of the molecule is Cl.O=S(=O)(Nc1ccc(N2CCNCC2)c2ccccc12)c1cc(Cl)c(Cl)cc1Cl. The molecule has 5 nitrogen and oxygen atoms in total. The molecule has 0 bridgehead atoms. The predicted molar refractivity (Wildman–Crippen MR) is 129 cm³/mol. The fourth-order valence-corrected chi connectivity index (χ4v) is 5.55. The molecule has 1 aliphatic rings. The molecule has 1 fully saturated rings. The molecule has 30 heavy (non-hydrogen) atoms. The second-order valence-electron chi connectivity index (χ2n) is 6.72. The van der Waals surface area contributed by atoms with Gasteiger partial charge in [0.25, 0.3) is 10.0 Å². The first-order chi connectivity index (χ1) is 13.9. The molecule has 0 unspecified atom stereocenters. The zero-order chi connectivity index (χ0) is 20.6. The van der Waals surface area contributed by atoms with Gasteiger partial charge in [0.2, 0.25) is 0 Å². The Kier molecular flexibility index (Phi) is 7.28. The van der Waals surface area contributed by atoms with E-state index in [1.807, 2.05) is 30.3 Å². The maximum absolute atomic E-state index is 13.0. The number of fused-ring (bicyclic) bond motifs is 1. The van der Waals surface area contributed by atoms with E-state index in [4.69, 9.17) is 34.8 Å². The lowest BCUT2D eigenvalue weighted by molar-refractivity contribution is 0.590. The summed E-state index contributed by atoms with van der Waals surface area (Å²) in [7, 11) is -3.96. The third kappa shape index (κ3) is 4.59. The molecule has 0 radical (unpaired) electrons. The van der Waals surface area contributed by atoms with Crippen LogP contribution in [-0.2, 0) is 10.0 Å². The van der Waals surface area contributed by atoms with Crippen LogP contribution < -0.4 is 14.9 Å². The van der Waals surface area contributed by atoms with Crippen LogP contribution in [-0.4, -0.2) is 34.6 Å². The zero-order valence-electron chi connectivity index (χ0n) is 15.7. The van der Waals surface area contributed by atoms with E-state index < -0.39 is 10.0 Å². The van der Waals surface area contributed by atoms with Gasteiger partial charge in [-0.3, -0.25) is 4.72 Å². The minimum atomic E-state index is -3.96. The van der Waals surface area contributed by atoms with Crippen LogP contribution in [0.4, 0.5) is 11.4 Å². The molecule has 2 N–H and O–H groups in total. The normalized spacial score (nSPS) is 14.4. The van der Waals surface area contributed by atoms with E-state index in [0.29, 0.717) is 5.69 Å². The van der Waals surface area contributed by atoms with Gasteiger partial charge in [-0.25, -0.2) is 8.42 Å². The van der Waals surface area contributed by atoms with E-state index in [2.05, 4.69) is 14.9 Å². The van der Waals surface area contributed by atoms with Gasteiger partial charge in [-0.05, 0) is 24.3 Å². The fourth-order valence-electron chi connectivity index (χ4n) is 3.46. The highest BCUT2D eigenvalue weighted by atomic mass is 35.5. The van der Waals surface area contributed by atoms with E-state index in [-0.39, 0.29) is 32.4 Å². The number of halogens is 4. The molecule has 0 aliphatic carbocycles. The monoisotopic (exact) mass is 505 g/mol. The molecule has 1 saturated heterocycles. The Morgan fingerprint density at radius 3 is 2.20 bits per heavy atom. The van der Waals surface area contributed by atoms with Crippen LogP contribution in [0.15, 0.2) is 53.4 Å². The third-order valence-electron chi connectivity index (χ3n) is 4.87. The average Bonchev–Trinajstić information content (AvgIpc) is 2.71. The Hall–Kier alpha value is -1.41. The van der Waals surface area contributed by atoms with Crippen molar-refractivity contribution in [2.45, 2.75) is 4.90 Å². The van der Waals surface area contributed by atoms with Crippen LogP contribution in [0.2, 0.25) is 15.1 Å². The van der Waals surface area contributed by atoms with Gasteiger partial charge in [-0.1, -0.05) is 59.1 Å². The van der Waals surface area contributed by atoms with Crippen molar-refractivity contribution < 1.29 is 8.42 Å². The van der Waals surface area contributed by atoms with Crippen molar-refractivity contribution in [3.63, 3.8) is 0 Å². The molecule has 1 aliphatic heterocycles. The van der Waals surface area contributed by atoms with E-state index in [9.17, 15) is 8.42 Å². The number of hydrogen-bond acceptors (Lipinski definition) is 4. The first-order valence-electron chi connectivity index (χ1n) is 9.01. The molecule has 0 amide bonds. The second-order valence-corrected chi connectivity index (χ2v) is 9.59. The maximum atomic E-state index is 13.0. The highest BCUT2D eigenvalue weighted by Gasteiger charge is 2.22. The molecule has 3 aromatic rings. The highest BCUT2D eigenvalue weighted by Crippen LogP contribution is 2.36. The van der Waals surface area contributed by atoms with E-state index in [0.717, 1.165) is 42.6 Å². The first kappa shape index (κ1) is 23.3. The van der Waals surface area contributed by atoms with Crippen molar-refractivity contribution in [1.82, 2.24) is 5.32 Å². The van der Waals surface area contributed by atoms with Gasteiger partial charge in [0.15, 0.2) is 0 Å². The summed E-state index contributed by atoms with van der Waals surface area (Å²) >= 11 is 18.1. The summed E-state index contributed by atoms with van der Waals surface area (Å²) in [5.41, 5.74) is 1.55. The van der Waals surface area contributed by atoms with Crippen LogP contribution in [0.5, 0.6) is 0 Å². The van der Waals surface area contributed by atoms with Crippen molar-refractivity contribution in [1.29, 1.82) is 0 Å². The van der Waals surface area contributed by atoms with Crippen molar-refractivity contribution in [2.24, 2.45) is 0 Å². The maximum Gasteiger partial charge on any atom is 0.263 e. The van der Waals surface area contributed by atoms with Crippen LogP contribution in [0, 0.1) is 0 Å². The minimum Gasteiger partial charge on any atom is -0.368 e. The quantitative estimate of drug-likeness (QED) is 0.463. The van der Waals surface area contributed by atoms with Crippen molar-refractivity contribution in [3.05, 3.63) is 63.6 Å². The van der Waals surface area contributed by atoms with Gasteiger partial charge >= 0.3 is 0 Å². The molecule has 0 atom stereocenters. The topological polar surface area (TPSA) is 61.4 Å². The summed E-state index contributed by atoms with van der Waals surface area (Å²) in [6.45, 7) is 3.62. The van der Waals surface area contributed by atoms with Gasteiger partial charge in [0.1, 0.15) is 4.90 Å². The Morgan fingerprint density at radius 2 is 1.50 bits per heavy atom. The number of nitrogens with one attached hydrogen (secondary N) is 2. The number of rotatable bonds is 4. The Morgan fingerprint density at radius 1 is 0.867 bits per heavy atom. The second kappa shape index (κ2) is 9.39. The van der Waals surface area contributed by atoms with Crippen molar-refractivity contribution >= 4 is 79.4 Å². The molecule has 10 heteroatoms. The molecular formula is C20H19Cl4N3O2S. The molecule has 4 rings (SSSR count). The number of sulfonamides is 1. The molecular weight excluding hydrogens is 488 g/mol. The lowest BCUT2D eigenvalue weighted by atomic mass is 10.1. The van der Waals surface area contributed by atoms with Crippen molar-refractivity contribution in [2.75, 3.05) is 35.8 Å². The van der Waals surface area contributed by atoms with Crippen LogP contribution >= 0.6 is 47.2 Å². The summed E-state index contributed by atoms with van der Waals surface area (Å²) in [5, 5.41) is 5.46. The number of piperazine rings is 1. The van der Waals surface area contributed by atoms with E-state index in [1.165, 1.54) is 12.1 Å². The number of hydrogen-bond donors (Lipinski definition) is 2. The average molecular weight is 507 g/mol. The van der Waals surface area contributed by atoms with E-state index >= 15 is 0 Å². The lowest BCUT2D eigenvalue weighted by Gasteiger charge is -2.30. The Balaban J connectivity index is 0.00000256. The van der Waals surface area contributed by atoms with Crippen LogP contribution in [0.3, 0.4) is 0 Å².